The Morgan fingerprint density at radius 2 is 2.20 bits per heavy atom. The van der Waals surface area contributed by atoms with Crippen molar-refractivity contribution >= 4 is 11.0 Å². The largest absolute Gasteiger partial charge is 0.356 e. The molecule has 4 heteroatoms. The molecule has 2 aromatic rings. The number of benzene rings is 1. The van der Waals surface area contributed by atoms with Crippen LogP contribution in [-0.4, -0.2) is 47.7 Å². The number of likely N-dealkylation sites (N-methyl/N-ethyl adjacent to an activating group) is 1. The van der Waals surface area contributed by atoms with Crippen molar-refractivity contribution < 1.29 is 4.52 Å². The summed E-state index contributed by atoms with van der Waals surface area (Å²) in [5.41, 5.74) is 2.21. The van der Waals surface area contributed by atoms with Crippen LogP contribution in [0, 0.1) is 5.92 Å². The molecular weight excluding hydrogens is 250 g/mol. The maximum atomic E-state index is 5.26. The van der Waals surface area contributed by atoms with Crippen LogP contribution in [0.4, 0.5) is 0 Å². The Kier molecular flexibility index (Phi) is 3.00. The highest BCUT2D eigenvalue weighted by atomic mass is 16.5. The molecular formula is C16H21N3O. The van der Waals surface area contributed by atoms with E-state index in [2.05, 4.69) is 40.2 Å². The van der Waals surface area contributed by atoms with Crippen LogP contribution in [0.5, 0.6) is 0 Å². The standard InChI is InChI=1S/C16H21N3O/c1-18(15-11-19-6-4-13(15)5-7-19)10-12-2-3-14-9-17-20-16(14)8-12/h2-3,8-9,13,15H,4-7,10-11H2,1H3. The SMILES string of the molecule is CN(Cc1ccc2cnoc2c1)C1CN2CCC1CC2. The van der Waals surface area contributed by atoms with Gasteiger partial charge < -0.3 is 9.42 Å². The first-order valence-electron chi connectivity index (χ1n) is 7.55. The number of rotatable bonds is 3. The summed E-state index contributed by atoms with van der Waals surface area (Å²) in [7, 11) is 2.26. The number of hydrogen-bond acceptors (Lipinski definition) is 4. The van der Waals surface area contributed by atoms with Crippen LogP contribution in [0.2, 0.25) is 0 Å². The van der Waals surface area contributed by atoms with Crippen LogP contribution in [0.1, 0.15) is 18.4 Å². The first-order chi connectivity index (χ1) is 9.79. The second kappa shape index (κ2) is 4.86. The topological polar surface area (TPSA) is 32.5 Å². The molecule has 1 aromatic heterocycles. The molecule has 0 spiro atoms. The summed E-state index contributed by atoms with van der Waals surface area (Å²) in [5, 5.41) is 4.93. The molecule has 5 rings (SSSR count). The second-order valence-electron chi connectivity index (χ2n) is 6.32. The Hall–Kier alpha value is -1.39. The first-order valence-corrected chi connectivity index (χ1v) is 7.55. The van der Waals surface area contributed by atoms with Gasteiger partial charge in [0.1, 0.15) is 0 Å². The van der Waals surface area contributed by atoms with E-state index in [1.165, 1.54) is 38.0 Å². The van der Waals surface area contributed by atoms with E-state index in [4.69, 9.17) is 4.52 Å². The lowest BCUT2D eigenvalue weighted by Gasteiger charge is -2.48. The normalized spacial score (nSPS) is 29.4. The molecule has 0 aliphatic carbocycles. The van der Waals surface area contributed by atoms with Crippen LogP contribution < -0.4 is 0 Å². The van der Waals surface area contributed by atoms with Crippen molar-refractivity contribution in [2.75, 3.05) is 26.7 Å². The van der Waals surface area contributed by atoms with Crippen molar-refractivity contribution in [3.05, 3.63) is 30.0 Å². The molecule has 0 radical (unpaired) electrons. The number of fused-ring (bicyclic) bond motifs is 4. The van der Waals surface area contributed by atoms with Crippen LogP contribution in [-0.2, 0) is 6.54 Å². The summed E-state index contributed by atoms with van der Waals surface area (Å²) in [6, 6.07) is 7.13. The fourth-order valence-corrected chi connectivity index (χ4v) is 3.84. The fraction of sp³-hybridized carbons (Fsp3) is 0.562. The molecule has 0 amide bonds. The molecule has 3 saturated heterocycles. The third-order valence-corrected chi connectivity index (χ3v) is 5.04. The zero-order chi connectivity index (χ0) is 13.5. The molecule has 4 nitrogen and oxygen atoms in total. The molecule has 106 valence electrons. The van der Waals surface area contributed by atoms with Gasteiger partial charge in [0.15, 0.2) is 5.58 Å². The summed E-state index contributed by atoms with van der Waals surface area (Å²) in [5.74, 6) is 0.888. The Balaban J connectivity index is 1.50. The van der Waals surface area contributed by atoms with Gasteiger partial charge in [-0.05, 0) is 56.6 Å². The molecule has 1 aromatic carbocycles. The molecule has 3 fully saturated rings. The third kappa shape index (κ3) is 2.13. The molecule has 20 heavy (non-hydrogen) atoms. The van der Waals surface area contributed by atoms with Gasteiger partial charge in [-0.1, -0.05) is 11.2 Å². The lowest BCUT2D eigenvalue weighted by molar-refractivity contribution is 0.0135. The van der Waals surface area contributed by atoms with E-state index in [0.29, 0.717) is 6.04 Å². The van der Waals surface area contributed by atoms with Gasteiger partial charge in [0.25, 0.3) is 0 Å². The summed E-state index contributed by atoms with van der Waals surface area (Å²) in [6.07, 6.45) is 4.52. The van der Waals surface area contributed by atoms with Gasteiger partial charge in [0.05, 0.1) is 6.20 Å². The van der Waals surface area contributed by atoms with E-state index in [9.17, 15) is 0 Å². The molecule has 2 bridgehead atoms. The highest BCUT2D eigenvalue weighted by Crippen LogP contribution is 2.31. The Labute approximate surface area is 119 Å². The lowest BCUT2D eigenvalue weighted by atomic mass is 9.83. The van der Waals surface area contributed by atoms with Gasteiger partial charge in [-0.3, -0.25) is 4.90 Å². The van der Waals surface area contributed by atoms with Crippen LogP contribution in [0.15, 0.2) is 28.9 Å². The molecule has 4 heterocycles. The van der Waals surface area contributed by atoms with Gasteiger partial charge in [0.2, 0.25) is 0 Å². The van der Waals surface area contributed by atoms with Gasteiger partial charge in [-0.2, -0.15) is 0 Å². The number of hydrogen-bond donors (Lipinski definition) is 0. The van der Waals surface area contributed by atoms with Crippen LogP contribution in [0.3, 0.4) is 0 Å². The zero-order valence-corrected chi connectivity index (χ0v) is 12.0. The van der Waals surface area contributed by atoms with Crippen molar-refractivity contribution in [3.8, 4) is 0 Å². The van der Waals surface area contributed by atoms with Gasteiger partial charge in [-0.15, -0.1) is 0 Å². The van der Waals surface area contributed by atoms with Crippen molar-refractivity contribution in [1.29, 1.82) is 0 Å². The Bertz CT molecular complexity index is 601. The molecule has 3 aliphatic rings. The highest BCUT2D eigenvalue weighted by Gasteiger charge is 2.36. The summed E-state index contributed by atoms with van der Waals surface area (Å²) < 4.78 is 5.26. The minimum Gasteiger partial charge on any atom is -0.356 e. The predicted octanol–water partition coefficient (Wildman–Crippen LogP) is 2.35. The van der Waals surface area contributed by atoms with E-state index < -0.39 is 0 Å². The summed E-state index contributed by atoms with van der Waals surface area (Å²) in [4.78, 5) is 5.13. The Morgan fingerprint density at radius 1 is 1.35 bits per heavy atom. The molecule has 1 atom stereocenters. The van der Waals surface area contributed by atoms with Crippen molar-refractivity contribution in [3.63, 3.8) is 0 Å². The monoisotopic (exact) mass is 271 g/mol. The van der Waals surface area contributed by atoms with E-state index >= 15 is 0 Å². The average molecular weight is 271 g/mol. The van der Waals surface area contributed by atoms with Crippen LogP contribution in [0.25, 0.3) is 11.0 Å². The van der Waals surface area contributed by atoms with E-state index in [0.717, 1.165) is 23.4 Å². The van der Waals surface area contributed by atoms with Crippen LogP contribution >= 0.6 is 0 Å². The van der Waals surface area contributed by atoms with Crippen molar-refractivity contribution in [2.24, 2.45) is 5.92 Å². The summed E-state index contributed by atoms with van der Waals surface area (Å²) in [6.45, 7) is 4.84. The lowest BCUT2D eigenvalue weighted by Crippen LogP contribution is -2.56. The van der Waals surface area contributed by atoms with E-state index in [1.807, 2.05) is 0 Å². The molecule has 1 unspecified atom stereocenters. The van der Waals surface area contributed by atoms with Gasteiger partial charge in [0, 0.05) is 24.5 Å². The highest BCUT2D eigenvalue weighted by molar-refractivity contribution is 5.76. The van der Waals surface area contributed by atoms with E-state index in [-0.39, 0.29) is 0 Å². The molecule has 3 aliphatic heterocycles. The average Bonchev–Trinajstić information content (AvgIpc) is 2.96. The minimum absolute atomic E-state index is 0.711. The van der Waals surface area contributed by atoms with Crippen molar-refractivity contribution in [2.45, 2.75) is 25.4 Å². The van der Waals surface area contributed by atoms with Crippen molar-refractivity contribution in [1.82, 2.24) is 15.0 Å². The predicted molar refractivity (Wildman–Crippen MR) is 78.4 cm³/mol. The fourth-order valence-electron chi connectivity index (χ4n) is 3.84. The number of piperidine rings is 3. The summed E-state index contributed by atoms with van der Waals surface area (Å²) >= 11 is 0. The quantitative estimate of drug-likeness (QED) is 0.858. The zero-order valence-electron chi connectivity index (χ0n) is 12.0. The Morgan fingerprint density at radius 3 is 2.95 bits per heavy atom. The molecule has 0 N–H and O–H groups in total. The third-order valence-electron chi connectivity index (χ3n) is 5.04. The second-order valence-corrected chi connectivity index (χ2v) is 6.32. The maximum absolute atomic E-state index is 5.26. The number of nitrogens with zero attached hydrogens (tertiary/aromatic N) is 3. The number of aromatic nitrogens is 1. The maximum Gasteiger partial charge on any atom is 0.167 e. The van der Waals surface area contributed by atoms with Gasteiger partial charge in [-0.25, -0.2) is 0 Å². The molecule has 0 saturated carbocycles. The smallest absolute Gasteiger partial charge is 0.167 e. The minimum atomic E-state index is 0.711. The first kappa shape index (κ1) is 12.4. The van der Waals surface area contributed by atoms with E-state index in [1.54, 1.807) is 6.20 Å². The van der Waals surface area contributed by atoms with Gasteiger partial charge >= 0.3 is 0 Å².